The fourth-order valence-corrected chi connectivity index (χ4v) is 4.42. The largest absolute Gasteiger partial charge is 0.343 e. The number of carbonyl (C=O) groups excluding carboxylic acids is 3. The first-order valence-electron chi connectivity index (χ1n) is 9.74. The Morgan fingerprint density at radius 3 is 2.46 bits per heavy atom. The number of hydrogen-bond acceptors (Lipinski definition) is 4. The summed E-state index contributed by atoms with van der Waals surface area (Å²) in [5.74, 6) is -0.349. The van der Waals surface area contributed by atoms with Gasteiger partial charge in [0, 0.05) is 32.5 Å². The van der Waals surface area contributed by atoms with Crippen molar-refractivity contribution in [1.82, 2.24) is 10.2 Å². The zero-order valence-corrected chi connectivity index (χ0v) is 16.7. The Morgan fingerprint density at radius 2 is 1.75 bits per heavy atom. The first-order valence-corrected chi connectivity index (χ1v) is 9.74. The van der Waals surface area contributed by atoms with Gasteiger partial charge >= 0.3 is 0 Å². The second kappa shape index (κ2) is 8.49. The van der Waals surface area contributed by atoms with Crippen LogP contribution in [0.15, 0.2) is 24.3 Å². The highest BCUT2D eigenvalue weighted by molar-refractivity contribution is 6.10. The van der Waals surface area contributed by atoms with Crippen LogP contribution in [0.1, 0.15) is 32.1 Å². The number of likely N-dealkylation sites (tertiary alicyclic amines) is 1. The summed E-state index contributed by atoms with van der Waals surface area (Å²) in [7, 11) is 0. The van der Waals surface area contributed by atoms with Gasteiger partial charge in [0.1, 0.15) is 6.54 Å². The van der Waals surface area contributed by atoms with E-state index in [9.17, 15) is 14.4 Å². The van der Waals surface area contributed by atoms with E-state index in [0.29, 0.717) is 16.8 Å². The van der Waals surface area contributed by atoms with Gasteiger partial charge in [0.25, 0.3) is 0 Å². The van der Waals surface area contributed by atoms with Crippen molar-refractivity contribution in [2.24, 2.45) is 5.41 Å². The van der Waals surface area contributed by atoms with E-state index >= 15 is 0 Å². The van der Waals surface area contributed by atoms with Crippen LogP contribution >= 0.6 is 12.4 Å². The average molecular weight is 407 g/mol. The van der Waals surface area contributed by atoms with Gasteiger partial charge in [0.15, 0.2) is 0 Å². The number of hydrogen-bond donors (Lipinski definition) is 2. The molecule has 2 N–H and O–H groups in total. The fraction of sp³-hybridized carbons (Fsp3) is 0.550. The van der Waals surface area contributed by atoms with E-state index in [0.717, 1.165) is 39.0 Å². The van der Waals surface area contributed by atoms with Crippen LogP contribution in [0, 0.1) is 5.41 Å². The maximum atomic E-state index is 12.7. The minimum absolute atomic E-state index is 0. The molecule has 3 heterocycles. The molecule has 1 aromatic rings. The minimum atomic E-state index is -0.208. The Hall–Kier alpha value is -2.12. The molecular weight excluding hydrogens is 380 g/mol. The highest BCUT2D eigenvalue weighted by Crippen LogP contribution is 2.37. The van der Waals surface area contributed by atoms with Gasteiger partial charge < -0.3 is 20.4 Å². The van der Waals surface area contributed by atoms with Gasteiger partial charge in [-0.1, -0.05) is 12.1 Å². The molecule has 152 valence electrons. The number of piperidine rings is 1. The van der Waals surface area contributed by atoms with Crippen molar-refractivity contribution in [3.63, 3.8) is 0 Å². The quantitative estimate of drug-likeness (QED) is 0.801. The first-order chi connectivity index (χ1) is 13.1. The number of benzene rings is 1. The van der Waals surface area contributed by atoms with Crippen LogP contribution in [0.5, 0.6) is 0 Å². The van der Waals surface area contributed by atoms with E-state index in [4.69, 9.17) is 0 Å². The highest BCUT2D eigenvalue weighted by atomic mass is 35.5. The normalized spacial score (nSPS) is 20.4. The predicted octanol–water partition coefficient (Wildman–Crippen LogP) is 1.78. The SMILES string of the molecule is Cl.O=C1CN(C(=O)CCC(=O)N2CCC3(CCNC3)CC2)c2ccccc2N1. The van der Waals surface area contributed by atoms with Gasteiger partial charge in [0.05, 0.1) is 11.4 Å². The molecule has 0 unspecified atom stereocenters. The summed E-state index contributed by atoms with van der Waals surface area (Å²) in [6.07, 6.45) is 3.61. The lowest BCUT2D eigenvalue weighted by molar-refractivity contribution is -0.135. The Bertz CT molecular complexity index is 754. The minimum Gasteiger partial charge on any atom is -0.343 e. The van der Waals surface area contributed by atoms with Crippen molar-refractivity contribution in [3.8, 4) is 0 Å². The fourth-order valence-electron chi connectivity index (χ4n) is 4.42. The lowest BCUT2D eigenvalue weighted by Gasteiger charge is -2.39. The molecule has 8 heteroatoms. The topological polar surface area (TPSA) is 81.8 Å². The van der Waals surface area contributed by atoms with Crippen LogP contribution < -0.4 is 15.5 Å². The Balaban J connectivity index is 0.00000225. The van der Waals surface area contributed by atoms with Gasteiger partial charge in [-0.25, -0.2) is 0 Å². The number of nitrogens with zero attached hydrogens (tertiary/aromatic N) is 2. The second-order valence-corrected chi connectivity index (χ2v) is 7.85. The molecule has 3 amide bonds. The molecule has 0 aromatic heterocycles. The zero-order chi connectivity index (χ0) is 18.9. The van der Waals surface area contributed by atoms with Crippen LogP contribution in [0.2, 0.25) is 0 Å². The number of amides is 3. The number of para-hydroxylation sites is 2. The summed E-state index contributed by atoms with van der Waals surface area (Å²) >= 11 is 0. The molecule has 4 rings (SSSR count). The van der Waals surface area contributed by atoms with Crippen LogP contribution in [0.4, 0.5) is 11.4 Å². The Kier molecular flexibility index (Phi) is 6.25. The van der Waals surface area contributed by atoms with Crippen LogP contribution in [0.25, 0.3) is 0 Å². The van der Waals surface area contributed by atoms with Gasteiger partial charge in [-0.3, -0.25) is 14.4 Å². The van der Waals surface area contributed by atoms with E-state index in [1.165, 1.54) is 11.3 Å². The number of anilines is 2. The van der Waals surface area contributed by atoms with Crippen molar-refractivity contribution in [1.29, 1.82) is 0 Å². The molecule has 0 aliphatic carbocycles. The summed E-state index contributed by atoms with van der Waals surface area (Å²) in [5, 5.41) is 6.20. The van der Waals surface area contributed by atoms with E-state index in [1.54, 1.807) is 6.07 Å². The van der Waals surface area contributed by atoms with E-state index in [2.05, 4.69) is 10.6 Å². The van der Waals surface area contributed by atoms with Gasteiger partial charge in [0.2, 0.25) is 17.7 Å². The number of halogens is 1. The number of carbonyl (C=O) groups is 3. The van der Waals surface area contributed by atoms with Crippen molar-refractivity contribution >= 4 is 41.5 Å². The molecule has 2 saturated heterocycles. The highest BCUT2D eigenvalue weighted by Gasteiger charge is 2.38. The molecule has 1 spiro atoms. The zero-order valence-electron chi connectivity index (χ0n) is 15.9. The third-order valence-electron chi connectivity index (χ3n) is 6.13. The first kappa shape index (κ1) is 20.6. The Morgan fingerprint density at radius 1 is 1.04 bits per heavy atom. The number of nitrogens with one attached hydrogen (secondary N) is 2. The molecule has 1 aromatic carbocycles. The standard InChI is InChI=1S/C20H26N4O3.ClH/c25-17-13-24(16-4-2-1-3-15(16)22-17)19(27)6-5-18(26)23-11-8-20(9-12-23)7-10-21-14-20;/h1-4,21H,5-14H2,(H,22,25);1H. The molecule has 7 nitrogen and oxygen atoms in total. The molecule has 0 radical (unpaired) electrons. The van der Waals surface area contributed by atoms with Gasteiger partial charge in [-0.2, -0.15) is 0 Å². The monoisotopic (exact) mass is 406 g/mol. The molecule has 0 atom stereocenters. The van der Waals surface area contributed by atoms with Crippen molar-refractivity contribution < 1.29 is 14.4 Å². The van der Waals surface area contributed by atoms with Crippen molar-refractivity contribution in [3.05, 3.63) is 24.3 Å². The maximum Gasteiger partial charge on any atom is 0.244 e. The van der Waals surface area contributed by atoms with Gasteiger partial charge in [-0.05, 0) is 43.4 Å². The molecule has 2 fully saturated rings. The number of rotatable bonds is 3. The summed E-state index contributed by atoms with van der Waals surface area (Å²) in [5.41, 5.74) is 1.71. The van der Waals surface area contributed by atoms with E-state index < -0.39 is 0 Å². The van der Waals surface area contributed by atoms with E-state index in [-0.39, 0.29) is 49.5 Å². The molecule has 3 aliphatic heterocycles. The lowest BCUT2D eigenvalue weighted by Crippen LogP contribution is -2.45. The summed E-state index contributed by atoms with van der Waals surface area (Å²) in [4.78, 5) is 40.5. The van der Waals surface area contributed by atoms with Crippen LogP contribution in [0.3, 0.4) is 0 Å². The number of fused-ring (bicyclic) bond motifs is 1. The molecular formula is C20H27ClN4O3. The molecule has 3 aliphatic rings. The maximum absolute atomic E-state index is 12.7. The lowest BCUT2D eigenvalue weighted by atomic mass is 9.78. The van der Waals surface area contributed by atoms with Gasteiger partial charge in [-0.15, -0.1) is 12.4 Å². The molecule has 0 bridgehead atoms. The smallest absolute Gasteiger partial charge is 0.244 e. The summed E-state index contributed by atoms with van der Waals surface area (Å²) < 4.78 is 0. The molecule has 0 saturated carbocycles. The summed E-state index contributed by atoms with van der Waals surface area (Å²) in [6, 6.07) is 7.25. The van der Waals surface area contributed by atoms with Crippen LogP contribution in [-0.2, 0) is 14.4 Å². The third-order valence-corrected chi connectivity index (χ3v) is 6.13. The second-order valence-electron chi connectivity index (χ2n) is 7.85. The predicted molar refractivity (Wildman–Crippen MR) is 110 cm³/mol. The van der Waals surface area contributed by atoms with Crippen molar-refractivity contribution in [2.75, 3.05) is 42.9 Å². The Labute approximate surface area is 171 Å². The van der Waals surface area contributed by atoms with Crippen molar-refractivity contribution in [2.45, 2.75) is 32.1 Å². The molecule has 28 heavy (non-hydrogen) atoms. The average Bonchev–Trinajstić information content (AvgIpc) is 3.13. The van der Waals surface area contributed by atoms with Crippen LogP contribution in [-0.4, -0.2) is 55.3 Å². The third kappa shape index (κ3) is 4.15. The summed E-state index contributed by atoms with van der Waals surface area (Å²) in [6.45, 7) is 3.70. The van der Waals surface area contributed by atoms with E-state index in [1.807, 2.05) is 23.1 Å².